The molecule has 0 heterocycles. The molecule has 0 unspecified atom stereocenters. The second kappa shape index (κ2) is 5.59. The van der Waals surface area contributed by atoms with Gasteiger partial charge in [0.05, 0.1) is 6.61 Å². The molecule has 0 amide bonds. The molecule has 0 aromatic rings. The fraction of sp³-hybridized carbons (Fsp3) is 1.00. The first-order chi connectivity index (χ1) is 5.18. The standard InChI is InChI=1S/C10H22O/c1-5-8-11-9-10(4,6-2)7-3/h5-9H2,1-4H3. The molecule has 0 aliphatic rings. The Hall–Kier alpha value is -0.0400. The van der Waals surface area contributed by atoms with Crippen LogP contribution in [0.4, 0.5) is 0 Å². The first-order valence-electron chi connectivity index (χ1n) is 4.76. The van der Waals surface area contributed by atoms with Crippen molar-refractivity contribution in [3.8, 4) is 0 Å². The molecule has 0 N–H and O–H groups in total. The Morgan fingerprint density at radius 1 is 1.09 bits per heavy atom. The van der Waals surface area contributed by atoms with Crippen LogP contribution < -0.4 is 0 Å². The number of ether oxygens (including phenoxy) is 1. The topological polar surface area (TPSA) is 9.23 Å². The Labute approximate surface area is 71.1 Å². The lowest BCUT2D eigenvalue weighted by Gasteiger charge is -2.25. The zero-order valence-electron chi connectivity index (χ0n) is 8.44. The minimum Gasteiger partial charge on any atom is -0.381 e. The van der Waals surface area contributed by atoms with Crippen LogP contribution in [0.25, 0.3) is 0 Å². The second-order valence-electron chi connectivity index (χ2n) is 3.57. The van der Waals surface area contributed by atoms with Gasteiger partial charge in [0.15, 0.2) is 0 Å². The van der Waals surface area contributed by atoms with E-state index in [2.05, 4.69) is 27.7 Å². The average molecular weight is 158 g/mol. The molecule has 1 nitrogen and oxygen atoms in total. The van der Waals surface area contributed by atoms with Crippen LogP contribution in [0.1, 0.15) is 47.0 Å². The fourth-order valence-electron chi connectivity index (χ4n) is 0.917. The Balaban J connectivity index is 3.51. The molecule has 0 aromatic carbocycles. The summed E-state index contributed by atoms with van der Waals surface area (Å²) >= 11 is 0. The van der Waals surface area contributed by atoms with Crippen LogP contribution in [0.2, 0.25) is 0 Å². The van der Waals surface area contributed by atoms with Crippen molar-refractivity contribution in [3.63, 3.8) is 0 Å². The minimum absolute atomic E-state index is 0.412. The average Bonchev–Trinajstić information content (AvgIpc) is 2.05. The van der Waals surface area contributed by atoms with Gasteiger partial charge in [-0.1, -0.05) is 27.7 Å². The van der Waals surface area contributed by atoms with Crippen molar-refractivity contribution in [1.29, 1.82) is 0 Å². The smallest absolute Gasteiger partial charge is 0.0519 e. The highest BCUT2D eigenvalue weighted by Gasteiger charge is 2.18. The molecule has 0 saturated heterocycles. The van der Waals surface area contributed by atoms with E-state index in [1.807, 2.05) is 0 Å². The summed E-state index contributed by atoms with van der Waals surface area (Å²) in [5.74, 6) is 0. The van der Waals surface area contributed by atoms with Gasteiger partial charge in [-0.25, -0.2) is 0 Å². The molecule has 0 saturated carbocycles. The van der Waals surface area contributed by atoms with E-state index in [9.17, 15) is 0 Å². The van der Waals surface area contributed by atoms with Crippen molar-refractivity contribution >= 4 is 0 Å². The van der Waals surface area contributed by atoms with Gasteiger partial charge in [0.1, 0.15) is 0 Å². The highest BCUT2D eigenvalue weighted by molar-refractivity contribution is 4.69. The van der Waals surface area contributed by atoms with Crippen LogP contribution in [-0.4, -0.2) is 13.2 Å². The van der Waals surface area contributed by atoms with E-state index in [0.29, 0.717) is 5.41 Å². The van der Waals surface area contributed by atoms with Gasteiger partial charge in [0.2, 0.25) is 0 Å². The fourth-order valence-corrected chi connectivity index (χ4v) is 0.917. The third-order valence-electron chi connectivity index (χ3n) is 2.51. The van der Waals surface area contributed by atoms with E-state index in [1.165, 1.54) is 12.8 Å². The summed E-state index contributed by atoms with van der Waals surface area (Å²) in [6, 6.07) is 0. The van der Waals surface area contributed by atoms with Gasteiger partial charge in [0.25, 0.3) is 0 Å². The van der Waals surface area contributed by atoms with Gasteiger partial charge in [-0.05, 0) is 24.7 Å². The Bertz CT molecular complexity index is 84.9. The lowest BCUT2D eigenvalue weighted by molar-refractivity contribution is 0.0487. The predicted molar refractivity (Wildman–Crippen MR) is 49.8 cm³/mol. The largest absolute Gasteiger partial charge is 0.381 e. The monoisotopic (exact) mass is 158 g/mol. The van der Waals surface area contributed by atoms with Gasteiger partial charge in [0, 0.05) is 6.61 Å². The van der Waals surface area contributed by atoms with Crippen molar-refractivity contribution in [1.82, 2.24) is 0 Å². The molecule has 0 aliphatic carbocycles. The first kappa shape index (κ1) is 11.0. The third-order valence-corrected chi connectivity index (χ3v) is 2.51. The van der Waals surface area contributed by atoms with Crippen molar-refractivity contribution in [2.75, 3.05) is 13.2 Å². The molecule has 0 spiro atoms. The molecule has 68 valence electrons. The molecule has 0 fully saturated rings. The van der Waals surface area contributed by atoms with E-state index >= 15 is 0 Å². The zero-order chi connectivity index (χ0) is 8.74. The van der Waals surface area contributed by atoms with E-state index in [0.717, 1.165) is 19.6 Å². The van der Waals surface area contributed by atoms with Crippen LogP contribution in [0.15, 0.2) is 0 Å². The maximum absolute atomic E-state index is 5.53. The summed E-state index contributed by atoms with van der Waals surface area (Å²) in [5.41, 5.74) is 0.412. The normalized spacial score (nSPS) is 12.0. The van der Waals surface area contributed by atoms with Gasteiger partial charge in [-0.3, -0.25) is 0 Å². The van der Waals surface area contributed by atoms with E-state index in [-0.39, 0.29) is 0 Å². The molecule has 0 atom stereocenters. The van der Waals surface area contributed by atoms with E-state index in [4.69, 9.17) is 4.74 Å². The van der Waals surface area contributed by atoms with Gasteiger partial charge < -0.3 is 4.74 Å². The molecule has 0 radical (unpaired) electrons. The predicted octanol–water partition coefficient (Wildman–Crippen LogP) is 3.24. The number of rotatable bonds is 6. The number of hydrogen-bond donors (Lipinski definition) is 0. The van der Waals surface area contributed by atoms with Gasteiger partial charge in [-0.2, -0.15) is 0 Å². The van der Waals surface area contributed by atoms with E-state index in [1.54, 1.807) is 0 Å². The van der Waals surface area contributed by atoms with Crippen LogP contribution >= 0.6 is 0 Å². The SMILES string of the molecule is CCCOCC(C)(CC)CC. The second-order valence-corrected chi connectivity index (χ2v) is 3.57. The zero-order valence-corrected chi connectivity index (χ0v) is 8.44. The highest BCUT2D eigenvalue weighted by Crippen LogP contribution is 2.25. The maximum Gasteiger partial charge on any atom is 0.0519 e. The lowest BCUT2D eigenvalue weighted by atomic mass is 9.86. The van der Waals surface area contributed by atoms with Crippen molar-refractivity contribution in [3.05, 3.63) is 0 Å². The molecule has 0 aliphatic heterocycles. The van der Waals surface area contributed by atoms with Crippen LogP contribution in [0.3, 0.4) is 0 Å². The summed E-state index contributed by atoms with van der Waals surface area (Å²) < 4.78 is 5.53. The summed E-state index contributed by atoms with van der Waals surface area (Å²) in [5, 5.41) is 0. The molecular weight excluding hydrogens is 136 g/mol. The Kier molecular flexibility index (Phi) is 5.57. The van der Waals surface area contributed by atoms with Gasteiger partial charge >= 0.3 is 0 Å². The molecule has 11 heavy (non-hydrogen) atoms. The van der Waals surface area contributed by atoms with E-state index < -0.39 is 0 Å². The third kappa shape index (κ3) is 4.41. The quantitative estimate of drug-likeness (QED) is 0.539. The summed E-state index contributed by atoms with van der Waals surface area (Å²) in [7, 11) is 0. The van der Waals surface area contributed by atoms with Crippen LogP contribution in [-0.2, 0) is 4.74 Å². The van der Waals surface area contributed by atoms with Gasteiger partial charge in [-0.15, -0.1) is 0 Å². The number of hydrogen-bond acceptors (Lipinski definition) is 1. The molecule has 1 heteroatoms. The Morgan fingerprint density at radius 3 is 2.00 bits per heavy atom. The maximum atomic E-state index is 5.53. The molecule has 0 rings (SSSR count). The summed E-state index contributed by atoms with van der Waals surface area (Å²) in [4.78, 5) is 0. The van der Waals surface area contributed by atoms with Crippen LogP contribution in [0, 0.1) is 5.41 Å². The Morgan fingerprint density at radius 2 is 1.64 bits per heavy atom. The summed E-state index contributed by atoms with van der Waals surface area (Å²) in [6.45, 7) is 10.7. The molecule has 0 bridgehead atoms. The first-order valence-corrected chi connectivity index (χ1v) is 4.76. The molecular formula is C10H22O. The summed E-state index contributed by atoms with van der Waals surface area (Å²) in [6.07, 6.45) is 3.56. The van der Waals surface area contributed by atoms with Crippen molar-refractivity contribution in [2.45, 2.75) is 47.0 Å². The van der Waals surface area contributed by atoms with Crippen molar-refractivity contribution < 1.29 is 4.74 Å². The van der Waals surface area contributed by atoms with Crippen LogP contribution in [0.5, 0.6) is 0 Å². The molecule has 0 aromatic heterocycles. The minimum atomic E-state index is 0.412. The lowest BCUT2D eigenvalue weighted by Crippen LogP contribution is -2.21. The highest BCUT2D eigenvalue weighted by atomic mass is 16.5. The van der Waals surface area contributed by atoms with Crippen molar-refractivity contribution in [2.24, 2.45) is 5.41 Å².